The van der Waals surface area contributed by atoms with Gasteiger partial charge in [0.15, 0.2) is 5.82 Å². The van der Waals surface area contributed by atoms with Crippen molar-refractivity contribution in [3.05, 3.63) is 72.2 Å². The molecule has 2 N–H and O–H groups in total. The third-order valence-corrected chi connectivity index (χ3v) is 5.95. The second-order valence-corrected chi connectivity index (χ2v) is 8.81. The molecule has 0 saturated carbocycles. The average molecular weight is 444 g/mol. The number of ether oxygens (including phenoxy) is 1. The fourth-order valence-electron chi connectivity index (χ4n) is 3.24. The summed E-state index contributed by atoms with van der Waals surface area (Å²) in [6.07, 6.45) is 1.72. The largest absolute Gasteiger partial charge is 0.378 e. The Balaban J connectivity index is 1.39. The number of halogens is 1. The van der Waals surface area contributed by atoms with Gasteiger partial charge in [-0.3, -0.25) is 4.72 Å². The molecule has 2 heterocycles. The minimum absolute atomic E-state index is 0.311. The number of benzene rings is 2. The van der Waals surface area contributed by atoms with Crippen molar-refractivity contribution in [2.24, 2.45) is 0 Å². The number of hydrogen-bond acceptors (Lipinski definition) is 7. The van der Waals surface area contributed by atoms with Crippen LogP contribution in [0, 0.1) is 5.82 Å². The number of morpholine rings is 1. The van der Waals surface area contributed by atoms with Crippen molar-refractivity contribution in [3.63, 3.8) is 0 Å². The first-order valence-corrected chi connectivity index (χ1v) is 11.4. The van der Waals surface area contributed by atoms with Crippen LogP contribution < -0.4 is 14.9 Å². The molecule has 10 heteroatoms. The first-order valence-electron chi connectivity index (χ1n) is 9.74. The summed E-state index contributed by atoms with van der Waals surface area (Å²) in [5.74, 6) is -0.193. The number of anilines is 4. The van der Waals surface area contributed by atoms with E-state index in [1.807, 2.05) is 6.07 Å². The van der Waals surface area contributed by atoms with Crippen molar-refractivity contribution in [2.45, 2.75) is 5.75 Å². The Bertz CT molecular complexity index is 1140. The van der Waals surface area contributed by atoms with Crippen LogP contribution in [0.5, 0.6) is 0 Å². The molecular weight excluding hydrogens is 421 g/mol. The van der Waals surface area contributed by atoms with Gasteiger partial charge in [-0.1, -0.05) is 12.1 Å². The van der Waals surface area contributed by atoms with Crippen LogP contribution in [0.25, 0.3) is 0 Å². The van der Waals surface area contributed by atoms with Crippen LogP contribution in [0.2, 0.25) is 0 Å². The number of nitrogens with zero attached hydrogens (tertiary/aromatic N) is 3. The van der Waals surface area contributed by atoms with E-state index >= 15 is 0 Å². The Kier molecular flexibility index (Phi) is 6.28. The van der Waals surface area contributed by atoms with Crippen molar-refractivity contribution in [2.75, 3.05) is 41.2 Å². The number of hydrogen-bond donors (Lipinski definition) is 2. The molecule has 0 atom stereocenters. The Morgan fingerprint density at radius 3 is 2.52 bits per heavy atom. The van der Waals surface area contributed by atoms with Crippen molar-refractivity contribution >= 4 is 32.9 Å². The van der Waals surface area contributed by atoms with Gasteiger partial charge < -0.3 is 15.0 Å². The summed E-state index contributed by atoms with van der Waals surface area (Å²) >= 11 is 0. The lowest BCUT2D eigenvalue weighted by atomic mass is 10.2. The zero-order chi connectivity index (χ0) is 21.7. The number of rotatable bonds is 7. The van der Waals surface area contributed by atoms with E-state index in [4.69, 9.17) is 4.74 Å². The SMILES string of the molecule is O=S(=O)(Cc1cccc(F)c1)Nc1ccc(Nc2cc(N3CCOCC3)cnn2)cc1. The summed E-state index contributed by atoms with van der Waals surface area (Å²) in [6.45, 7) is 2.97. The summed E-state index contributed by atoms with van der Waals surface area (Å²) in [6, 6.07) is 14.2. The maximum atomic E-state index is 13.3. The van der Waals surface area contributed by atoms with Crippen molar-refractivity contribution in [1.82, 2.24) is 10.2 Å². The number of nitrogens with one attached hydrogen (secondary N) is 2. The molecule has 1 aromatic heterocycles. The predicted molar refractivity (Wildman–Crippen MR) is 117 cm³/mol. The summed E-state index contributed by atoms with van der Waals surface area (Å²) in [4.78, 5) is 2.18. The highest BCUT2D eigenvalue weighted by molar-refractivity contribution is 7.91. The van der Waals surface area contributed by atoms with E-state index < -0.39 is 15.8 Å². The first-order chi connectivity index (χ1) is 15.0. The molecule has 0 bridgehead atoms. The van der Waals surface area contributed by atoms with Crippen LogP contribution in [-0.2, 0) is 20.5 Å². The smallest absolute Gasteiger partial charge is 0.236 e. The topological polar surface area (TPSA) is 96.5 Å². The number of aromatic nitrogens is 2. The van der Waals surface area contributed by atoms with Crippen LogP contribution in [0.15, 0.2) is 60.8 Å². The normalized spacial score (nSPS) is 14.3. The highest BCUT2D eigenvalue weighted by atomic mass is 32.2. The molecule has 1 fully saturated rings. The highest BCUT2D eigenvalue weighted by Gasteiger charge is 2.14. The van der Waals surface area contributed by atoms with Crippen molar-refractivity contribution in [3.8, 4) is 0 Å². The standard InChI is InChI=1S/C21H22FN5O3S/c22-17-3-1-2-16(12-17)15-31(28,29)26-19-6-4-18(5-7-19)24-21-13-20(14-23-25-21)27-8-10-30-11-9-27/h1-7,12-14,26H,8-11,15H2,(H,24,25). The molecule has 1 saturated heterocycles. The predicted octanol–water partition coefficient (Wildman–Crippen LogP) is 3.14. The van der Waals surface area contributed by atoms with Crippen LogP contribution in [0.1, 0.15) is 5.56 Å². The van der Waals surface area contributed by atoms with E-state index in [9.17, 15) is 12.8 Å². The lowest BCUT2D eigenvalue weighted by Crippen LogP contribution is -2.36. The van der Waals surface area contributed by atoms with Gasteiger partial charge in [-0.05, 0) is 42.0 Å². The third-order valence-electron chi connectivity index (χ3n) is 4.69. The summed E-state index contributed by atoms with van der Waals surface area (Å²) in [5.41, 5.74) is 2.49. The molecule has 0 aliphatic carbocycles. The number of sulfonamides is 1. The Hall–Kier alpha value is -3.24. The second-order valence-electron chi connectivity index (χ2n) is 7.09. The maximum Gasteiger partial charge on any atom is 0.236 e. The Morgan fingerprint density at radius 2 is 1.77 bits per heavy atom. The van der Waals surface area contributed by atoms with E-state index in [0.29, 0.717) is 30.3 Å². The van der Waals surface area contributed by atoms with Crippen LogP contribution in [-0.4, -0.2) is 44.9 Å². The third kappa shape index (κ3) is 5.89. The molecule has 0 radical (unpaired) electrons. The van der Waals surface area contributed by atoms with E-state index in [2.05, 4.69) is 25.1 Å². The van der Waals surface area contributed by atoms with E-state index in [1.165, 1.54) is 18.2 Å². The van der Waals surface area contributed by atoms with Gasteiger partial charge in [-0.25, -0.2) is 12.8 Å². The first kappa shape index (κ1) is 21.0. The zero-order valence-corrected chi connectivity index (χ0v) is 17.5. The summed E-state index contributed by atoms with van der Waals surface area (Å²) in [5, 5.41) is 11.3. The molecule has 4 rings (SSSR count). The molecule has 2 aromatic carbocycles. The highest BCUT2D eigenvalue weighted by Crippen LogP contribution is 2.22. The molecule has 8 nitrogen and oxygen atoms in total. The molecular formula is C21H22FN5O3S. The second kappa shape index (κ2) is 9.27. The quantitative estimate of drug-likeness (QED) is 0.579. The van der Waals surface area contributed by atoms with E-state index in [1.54, 1.807) is 36.5 Å². The maximum absolute atomic E-state index is 13.3. The Morgan fingerprint density at radius 1 is 1.03 bits per heavy atom. The van der Waals surface area contributed by atoms with Gasteiger partial charge >= 0.3 is 0 Å². The minimum atomic E-state index is -3.67. The minimum Gasteiger partial charge on any atom is -0.378 e. The van der Waals surface area contributed by atoms with Crippen LogP contribution >= 0.6 is 0 Å². The lowest BCUT2D eigenvalue weighted by molar-refractivity contribution is 0.122. The van der Waals surface area contributed by atoms with E-state index in [-0.39, 0.29) is 5.75 Å². The van der Waals surface area contributed by atoms with Crippen LogP contribution in [0.4, 0.5) is 27.3 Å². The van der Waals surface area contributed by atoms with Gasteiger partial charge in [0.25, 0.3) is 0 Å². The Labute approximate surface area is 180 Å². The molecule has 1 aliphatic heterocycles. The fourth-order valence-corrected chi connectivity index (χ4v) is 4.43. The molecule has 0 unspecified atom stereocenters. The molecule has 162 valence electrons. The van der Waals surface area contributed by atoms with Gasteiger partial charge in [-0.15, -0.1) is 5.10 Å². The lowest BCUT2D eigenvalue weighted by Gasteiger charge is -2.28. The van der Waals surface area contributed by atoms with Crippen LogP contribution in [0.3, 0.4) is 0 Å². The zero-order valence-electron chi connectivity index (χ0n) is 16.7. The van der Waals surface area contributed by atoms with Gasteiger partial charge in [0.05, 0.1) is 30.9 Å². The average Bonchev–Trinajstić information content (AvgIpc) is 2.75. The molecule has 0 amide bonds. The molecule has 31 heavy (non-hydrogen) atoms. The van der Waals surface area contributed by atoms with Gasteiger partial charge in [0, 0.05) is 30.5 Å². The van der Waals surface area contributed by atoms with Gasteiger partial charge in [0.2, 0.25) is 10.0 Å². The monoisotopic (exact) mass is 443 g/mol. The molecule has 1 aliphatic rings. The van der Waals surface area contributed by atoms with Crippen molar-refractivity contribution < 1.29 is 17.5 Å². The van der Waals surface area contributed by atoms with Gasteiger partial charge in [-0.2, -0.15) is 5.10 Å². The fraction of sp³-hybridized carbons (Fsp3) is 0.238. The van der Waals surface area contributed by atoms with E-state index in [0.717, 1.165) is 24.5 Å². The summed E-state index contributed by atoms with van der Waals surface area (Å²) in [7, 11) is -3.67. The van der Waals surface area contributed by atoms with Gasteiger partial charge in [0.1, 0.15) is 5.82 Å². The summed E-state index contributed by atoms with van der Waals surface area (Å²) < 4.78 is 45.9. The van der Waals surface area contributed by atoms with Crippen molar-refractivity contribution in [1.29, 1.82) is 0 Å². The molecule has 0 spiro atoms. The molecule has 3 aromatic rings.